The molecular formula is C17H16N2O2. The Hall–Kier alpha value is -2.75. The summed E-state index contributed by atoms with van der Waals surface area (Å²) in [5, 5.41) is 3.95. The summed E-state index contributed by atoms with van der Waals surface area (Å²) in [6.07, 6.45) is 0. The van der Waals surface area contributed by atoms with Crippen LogP contribution in [0.4, 0.5) is 5.69 Å². The van der Waals surface area contributed by atoms with E-state index in [2.05, 4.69) is 10.3 Å². The van der Waals surface area contributed by atoms with Gasteiger partial charge in [0.05, 0.1) is 18.4 Å². The number of carbonyl (C=O) groups excluding carboxylic acids is 1. The topological polar surface area (TPSA) is 54.1 Å². The molecule has 21 heavy (non-hydrogen) atoms. The largest absolute Gasteiger partial charge is 0.496 e. The zero-order valence-electron chi connectivity index (χ0n) is 11.9. The van der Waals surface area contributed by atoms with Crippen molar-refractivity contribution in [2.24, 2.45) is 0 Å². The minimum atomic E-state index is -0.182. The maximum atomic E-state index is 12.4. The highest BCUT2D eigenvalue weighted by atomic mass is 16.5. The SMILES string of the molecule is COc1ccccc1C(=O)Nc1cccc2[nH]c(C)cc12. The molecule has 1 heterocycles. The Morgan fingerprint density at radius 3 is 2.76 bits per heavy atom. The van der Waals surface area contributed by atoms with Crippen molar-refractivity contribution in [3.8, 4) is 5.75 Å². The fraction of sp³-hybridized carbons (Fsp3) is 0.118. The molecule has 3 aromatic rings. The lowest BCUT2D eigenvalue weighted by molar-refractivity contribution is 0.102. The molecule has 0 spiro atoms. The van der Waals surface area contributed by atoms with E-state index in [0.717, 1.165) is 22.3 Å². The van der Waals surface area contributed by atoms with Gasteiger partial charge in [-0.2, -0.15) is 0 Å². The molecule has 0 aliphatic heterocycles. The van der Waals surface area contributed by atoms with Crippen LogP contribution in [0.5, 0.6) is 5.75 Å². The Morgan fingerprint density at radius 1 is 1.14 bits per heavy atom. The van der Waals surface area contributed by atoms with Crippen LogP contribution in [0.25, 0.3) is 10.9 Å². The molecule has 1 aromatic heterocycles. The Morgan fingerprint density at radius 2 is 1.95 bits per heavy atom. The van der Waals surface area contributed by atoms with Gasteiger partial charge in [-0.3, -0.25) is 4.79 Å². The maximum Gasteiger partial charge on any atom is 0.259 e. The summed E-state index contributed by atoms with van der Waals surface area (Å²) in [4.78, 5) is 15.7. The van der Waals surface area contributed by atoms with Gasteiger partial charge in [0.25, 0.3) is 5.91 Å². The second kappa shape index (κ2) is 5.32. The highest BCUT2D eigenvalue weighted by molar-refractivity contribution is 6.10. The number of hydrogen-bond acceptors (Lipinski definition) is 2. The molecule has 0 bridgehead atoms. The summed E-state index contributed by atoms with van der Waals surface area (Å²) in [6, 6.07) is 15.0. The summed E-state index contributed by atoms with van der Waals surface area (Å²) in [5.74, 6) is 0.381. The number of hydrogen-bond donors (Lipinski definition) is 2. The Labute approximate surface area is 122 Å². The summed E-state index contributed by atoms with van der Waals surface area (Å²) in [5.41, 5.74) is 3.37. The van der Waals surface area contributed by atoms with Gasteiger partial charge in [-0.1, -0.05) is 18.2 Å². The average molecular weight is 280 g/mol. The normalized spacial score (nSPS) is 10.6. The molecular weight excluding hydrogens is 264 g/mol. The summed E-state index contributed by atoms with van der Waals surface area (Å²) >= 11 is 0. The molecule has 3 rings (SSSR count). The fourth-order valence-electron chi connectivity index (χ4n) is 2.43. The quantitative estimate of drug-likeness (QED) is 0.768. The average Bonchev–Trinajstić information content (AvgIpc) is 2.88. The zero-order valence-corrected chi connectivity index (χ0v) is 11.9. The van der Waals surface area contributed by atoms with Gasteiger partial charge in [0, 0.05) is 16.6 Å². The third-order valence-electron chi connectivity index (χ3n) is 3.40. The van der Waals surface area contributed by atoms with Crippen molar-refractivity contribution in [1.82, 2.24) is 4.98 Å². The predicted molar refractivity (Wildman–Crippen MR) is 84.0 cm³/mol. The highest BCUT2D eigenvalue weighted by Crippen LogP contribution is 2.26. The third kappa shape index (κ3) is 2.48. The molecule has 0 radical (unpaired) electrons. The van der Waals surface area contributed by atoms with Crippen LogP contribution in [0.3, 0.4) is 0 Å². The predicted octanol–water partition coefficient (Wildman–Crippen LogP) is 3.74. The molecule has 4 heteroatoms. The first-order chi connectivity index (χ1) is 10.2. The first kappa shape index (κ1) is 13.2. The molecule has 0 saturated carbocycles. The number of benzene rings is 2. The van der Waals surface area contributed by atoms with E-state index in [1.807, 2.05) is 43.3 Å². The van der Waals surface area contributed by atoms with Crippen LogP contribution in [-0.2, 0) is 0 Å². The van der Waals surface area contributed by atoms with Crippen molar-refractivity contribution >= 4 is 22.5 Å². The van der Waals surface area contributed by atoms with E-state index in [4.69, 9.17) is 4.74 Å². The lowest BCUT2D eigenvalue weighted by Gasteiger charge is -2.09. The molecule has 1 amide bonds. The smallest absolute Gasteiger partial charge is 0.259 e. The van der Waals surface area contributed by atoms with Gasteiger partial charge in [0.1, 0.15) is 5.75 Å². The lowest BCUT2D eigenvalue weighted by Crippen LogP contribution is -2.13. The number of nitrogens with one attached hydrogen (secondary N) is 2. The summed E-state index contributed by atoms with van der Waals surface area (Å²) in [7, 11) is 1.56. The first-order valence-electron chi connectivity index (χ1n) is 6.72. The van der Waals surface area contributed by atoms with E-state index < -0.39 is 0 Å². The number of amides is 1. The molecule has 106 valence electrons. The van der Waals surface area contributed by atoms with Crippen LogP contribution in [0.15, 0.2) is 48.5 Å². The number of anilines is 1. The number of fused-ring (bicyclic) bond motifs is 1. The molecule has 0 saturated heterocycles. The van der Waals surface area contributed by atoms with Crippen molar-refractivity contribution < 1.29 is 9.53 Å². The number of aromatic nitrogens is 1. The number of H-pyrrole nitrogens is 1. The molecule has 2 N–H and O–H groups in total. The second-order valence-electron chi connectivity index (χ2n) is 4.87. The van der Waals surface area contributed by atoms with Crippen molar-refractivity contribution in [3.05, 3.63) is 59.8 Å². The van der Waals surface area contributed by atoms with Crippen LogP contribution in [0.1, 0.15) is 16.1 Å². The van der Waals surface area contributed by atoms with Crippen LogP contribution in [0.2, 0.25) is 0 Å². The van der Waals surface area contributed by atoms with Crippen molar-refractivity contribution in [2.45, 2.75) is 6.92 Å². The van der Waals surface area contributed by atoms with Crippen molar-refractivity contribution in [2.75, 3.05) is 12.4 Å². The van der Waals surface area contributed by atoms with E-state index >= 15 is 0 Å². The minimum absolute atomic E-state index is 0.182. The Kier molecular flexibility index (Phi) is 3.36. The van der Waals surface area contributed by atoms with Gasteiger partial charge in [-0.05, 0) is 37.3 Å². The molecule has 2 aromatic carbocycles. The van der Waals surface area contributed by atoms with E-state index in [-0.39, 0.29) is 5.91 Å². The number of aryl methyl sites for hydroxylation is 1. The molecule has 0 unspecified atom stereocenters. The molecule has 0 aliphatic carbocycles. The lowest BCUT2D eigenvalue weighted by atomic mass is 10.1. The Balaban J connectivity index is 1.96. The van der Waals surface area contributed by atoms with E-state index in [0.29, 0.717) is 11.3 Å². The number of para-hydroxylation sites is 1. The summed E-state index contributed by atoms with van der Waals surface area (Å²) in [6.45, 7) is 1.99. The van der Waals surface area contributed by atoms with E-state index in [1.165, 1.54) is 0 Å². The molecule has 0 atom stereocenters. The second-order valence-corrected chi connectivity index (χ2v) is 4.87. The number of aromatic amines is 1. The summed E-state index contributed by atoms with van der Waals surface area (Å²) < 4.78 is 5.23. The van der Waals surface area contributed by atoms with Gasteiger partial charge in [-0.25, -0.2) is 0 Å². The third-order valence-corrected chi connectivity index (χ3v) is 3.40. The van der Waals surface area contributed by atoms with Gasteiger partial charge in [-0.15, -0.1) is 0 Å². The number of rotatable bonds is 3. The monoisotopic (exact) mass is 280 g/mol. The van der Waals surface area contributed by atoms with E-state index in [9.17, 15) is 4.79 Å². The fourth-order valence-corrected chi connectivity index (χ4v) is 2.43. The van der Waals surface area contributed by atoms with Crippen LogP contribution in [-0.4, -0.2) is 18.0 Å². The van der Waals surface area contributed by atoms with Crippen LogP contribution in [0, 0.1) is 6.92 Å². The molecule has 0 fully saturated rings. The van der Waals surface area contributed by atoms with Gasteiger partial charge >= 0.3 is 0 Å². The molecule has 0 aliphatic rings. The number of methoxy groups -OCH3 is 1. The number of carbonyl (C=O) groups is 1. The van der Waals surface area contributed by atoms with E-state index in [1.54, 1.807) is 19.2 Å². The van der Waals surface area contributed by atoms with Crippen molar-refractivity contribution in [1.29, 1.82) is 0 Å². The zero-order chi connectivity index (χ0) is 14.8. The highest BCUT2D eigenvalue weighted by Gasteiger charge is 2.13. The minimum Gasteiger partial charge on any atom is -0.496 e. The maximum absolute atomic E-state index is 12.4. The van der Waals surface area contributed by atoms with Crippen LogP contribution >= 0.6 is 0 Å². The molecule has 4 nitrogen and oxygen atoms in total. The first-order valence-corrected chi connectivity index (χ1v) is 6.72. The van der Waals surface area contributed by atoms with Crippen molar-refractivity contribution in [3.63, 3.8) is 0 Å². The number of ether oxygens (including phenoxy) is 1. The van der Waals surface area contributed by atoms with Crippen LogP contribution < -0.4 is 10.1 Å². The van der Waals surface area contributed by atoms with Gasteiger partial charge in [0.2, 0.25) is 0 Å². The standard InChI is InChI=1S/C17H16N2O2/c1-11-10-13-14(18-11)7-5-8-15(13)19-17(20)12-6-3-4-9-16(12)21-2/h3-10,18H,1-2H3,(H,19,20). The van der Waals surface area contributed by atoms with Gasteiger partial charge in [0.15, 0.2) is 0 Å². The van der Waals surface area contributed by atoms with Gasteiger partial charge < -0.3 is 15.0 Å². The Bertz CT molecular complexity index is 805.